The summed E-state index contributed by atoms with van der Waals surface area (Å²) in [5.41, 5.74) is 4.12. The largest absolute Gasteiger partial charge is 0.385 e. The van der Waals surface area contributed by atoms with E-state index in [1.807, 2.05) is 25.1 Å². The number of methoxy groups -OCH3 is 1. The van der Waals surface area contributed by atoms with E-state index in [-0.39, 0.29) is 16.9 Å². The Kier molecular flexibility index (Phi) is 9.27. The van der Waals surface area contributed by atoms with Crippen molar-refractivity contribution >= 4 is 23.9 Å². The van der Waals surface area contributed by atoms with Crippen molar-refractivity contribution in [2.45, 2.75) is 30.7 Å². The number of nitrogens with one attached hydrogen (secondary N) is 2. The van der Waals surface area contributed by atoms with Crippen LogP contribution in [-0.2, 0) is 4.74 Å². The number of ether oxygens (including phenoxy) is 1. The molecule has 31 heavy (non-hydrogen) atoms. The highest BCUT2D eigenvalue weighted by molar-refractivity contribution is 8.00. The van der Waals surface area contributed by atoms with E-state index in [2.05, 4.69) is 26.3 Å². The van der Waals surface area contributed by atoms with Crippen LogP contribution >= 0.6 is 11.8 Å². The predicted molar refractivity (Wildman–Crippen MR) is 122 cm³/mol. The van der Waals surface area contributed by atoms with Crippen molar-refractivity contribution in [1.82, 2.24) is 10.4 Å². The molecule has 1 aromatic carbocycles. The first-order valence-corrected chi connectivity index (χ1v) is 10.6. The second kappa shape index (κ2) is 11.9. The number of aromatic nitrogens is 1. The number of hydrogen-bond acceptors (Lipinski definition) is 8. The van der Waals surface area contributed by atoms with Crippen LogP contribution in [0.25, 0.3) is 11.1 Å². The standard InChI is InChI=1S/C18H18N6O2S.C3H8O/c19-7-13-16(12-3-1-2-11(6-12)10-4-5-10)14(8-25)17(26)22-18(13)27-9-15(23-20)24-21;1-3-4-2/h1-3,6,8,10H,4-5,9,20-21H2,(H,22,26)(H,23,24);3H2,1-2H3. The molecule has 0 amide bonds. The molecule has 164 valence electrons. The lowest BCUT2D eigenvalue weighted by molar-refractivity contribution is 0.112. The van der Waals surface area contributed by atoms with Gasteiger partial charge in [-0.2, -0.15) is 10.4 Å². The molecule has 1 aliphatic carbocycles. The minimum absolute atomic E-state index is 0.0616. The van der Waals surface area contributed by atoms with E-state index in [4.69, 9.17) is 11.7 Å². The summed E-state index contributed by atoms with van der Waals surface area (Å²) in [7, 11) is 1.68. The molecule has 10 heteroatoms. The second-order valence-electron chi connectivity index (χ2n) is 6.66. The molecule has 1 aliphatic rings. The monoisotopic (exact) mass is 442 g/mol. The molecule has 0 radical (unpaired) electrons. The summed E-state index contributed by atoms with van der Waals surface area (Å²) in [6.07, 6.45) is 2.74. The van der Waals surface area contributed by atoms with Crippen LogP contribution in [-0.4, -0.2) is 36.6 Å². The zero-order chi connectivity index (χ0) is 22.8. The van der Waals surface area contributed by atoms with Gasteiger partial charge in [-0.3, -0.25) is 9.59 Å². The normalized spacial score (nSPS) is 13.0. The molecule has 1 saturated carbocycles. The Morgan fingerprint density at radius 3 is 2.71 bits per heavy atom. The number of rotatable bonds is 7. The number of nitrogens with zero attached hydrogens (tertiary/aromatic N) is 2. The van der Waals surface area contributed by atoms with E-state index in [0.717, 1.165) is 36.8 Å². The third kappa shape index (κ3) is 6.18. The van der Waals surface area contributed by atoms with E-state index in [9.17, 15) is 14.9 Å². The SMILES string of the molecule is CCOC.N#Cc1c(SC/C(=N/N)NN)[nH]c(=O)c(C=O)c1-c1cccc(C2CC2)c1. The van der Waals surface area contributed by atoms with Crippen molar-refractivity contribution in [2.24, 2.45) is 16.8 Å². The molecule has 0 atom stereocenters. The van der Waals surface area contributed by atoms with Gasteiger partial charge in [-0.15, -0.1) is 0 Å². The molecule has 1 fully saturated rings. The number of nitrogens with two attached hydrogens (primary N) is 2. The lowest BCUT2D eigenvalue weighted by atomic mass is 9.95. The van der Waals surface area contributed by atoms with Gasteiger partial charge < -0.3 is 21.0 Å². The Hall–Kier alpha value is -3.13. The van der Waals surface area contributed by atoms with E-state index in [1.54, 1.807) is 13.2 Å². The third-order valence-corrected chi connectivity index (χ3v) is 5.65. The molecule has 2 aromatic rings. The number of hydrazine groups is 1. The van der Waals surface area contributed by atoms with Gasteiger partial charge in [0.15, 0.2) is 6.29 Å². The number of carbonyl (C=O) groups is 1. The molecule has 6 N–H and O–H groups in total. The third-order valence-electron chi connectivity index (χ3n) is 4.64. The molecule has 0 unspecified atom stereocenters. The molecular formula is C21H26N6O3S. The number of nitriles is 1. The average molecular weight is 443 g/mol. The van der Waals surface area contributed by atoms with Crippen LogP contribution in [0.1, 0.15) is 47.2 Å². The van der Waals surface area contributed by atoms with E-state index in [1.165, 1.54) is 0 Å². The number of pyridine rings is 1. The van der Waals surface area contributed by atoms with Gasteiger partial charge in [-0.1, -0.05) is 36.0 Å². The fourth-order valence-electron chi connectivity index (χ4n) is 2.84. The maximum absolute atomic E-state index is 12.4. The highest BCUT2D eigenvalue weighted by Gasteiger charge is 2.25. The van der Waals surface area contributed by atoms with E-state index >= 15 is 0 Å². The van der Waals surface area contributed by atoms with Gasteiger partial charge in [0.1, 0.15) is 11.9 Å². The number of aromatic amines is 1. The number of H-pyrrole nitrogens is 1. The molecule has 0 aliphatic heterocycles. The Morgan fingerprint density at radius 1 is 1.48 bits per heavy atom. The number of thioether (sulfide) groups is 1. The van der Waals surface area contributed by atoms with Crippen LogP contribution in [0.5, 0.6) is 0 Å². The summed E-state index contributed by atoms with van der Waals surface area (Å²) in [5, 5.41) is 13.6. The van der Waals surface area contributed by atoms with Gasteiger partial charge in [0.25, 0.3) is 5.56 Å². The first-order valence-electron chi connectivity index (χ1n) is 9.65. The lowest BCUT2D eigenvalue weighted by Crippen LogP contribution is -2.33. The van der Waals surface area contributed by atoms with Crippen molar-refractivity contribution in [1.29, 1.82) is 5.26 Å². The fraction of sp³-hybridized carbons (Fsp3) is 0.333. The summed E-state index contributed by atoms with van der Waals surface area (Å²) in [6.45, 7) is 2.78. The number of carbonyl (C=O) groups excluding carboxylic acids is 1. The summed E-state index contributed by atoms with van der Waals surface area (Å²) in [6, 6.07) is 9.77. The first-order chi connectivity index (χ1) is 15.0. The maximum Gasteiger partial charge on any atom is 0.260 e. The van der Waals surface area contributed by atoms with Gasteiger partial charge in [0.2, 0.25) is 0 Å². The van der Waals surface area contributed by atoms with Crippen LogP contribution in [0.4, 0.5) is 0 Å². The Morgan fingerprint density at radius 2 is 2.19 bits per heavy atom. The summed E-state index contributed by atoms with van der Waals surface area (Å²) < 4.78 is 4.54. The van der Waals surface area contributed by atoms with Gasteiger partial charge in [0, 0.05) is 19.3 Å². The summed E-state index contributed by atoms with van der Waals surface area (Å²) in [4.78, 5) is 26.6. The van der Waals surface area contributed by atoms with Crippen LogP contribution in [0.2, 0.25) is 0 Å². The van der Waals surface area contributed by atoms with Crippen LogP contribution < -0.4 is 22.7 Å². The zero-order valence-electron chi connectivity index (χ0n) is 17.5. The number of hydrogen-bond donors (Lipinski definition) is 4. The quantitative estimate of drug-likeness (QED) is 0.127. The minimum atomic E-state index is -0.551. The van der Waals surface area contributed by atoms with Crippen molar-refractivity contribution in [2.75, 3.05) is 19.5 Å². The highest BCUT2D eigenvalue weighted by atomic mass is 32.2. The average Bonchev–Trinajstić information content (AvgIpc) is 3.65. The lowest BCUT2D eigenvalue weighted by Gasteiger charge is -2.13. The Labute approximate surface area is 184 Å². The van der Waals surface area contributed by atoms with Crippen molar-refractivity contribution in [3.05, 3.63) is 51.3 Å². The topological polar surface area (TPSA) is 159 Å². The smallest absolute Gasteiger partial charge is 0.260 e. The molecule has 3 rings (SSSR count). The minimum Gasteiger partial charge on any atom is -0.385 e. The number of amidine groups is 1. The highest BCUT2D eigenvalue weighted by Crippen LogP contribution is 2.41. The Bertz CT molecular complexity index is 1040. The first kappa shape index (κ1) is 24.1. The molecule has 1 heterocycles. The number of benzene rings is 1. The molecule has 0 bridgehead atoms. The van der Waals surface area contributed by atoms with E-state index in [0.29, 0.717) is 34.2 Å². The predicted octanol–water partition coefficient (Wildman–Crippen LogP) is 2.08. The van der Waals surface area contributed by atoms with Gasteiger partial charge in [-0.05, 0) is 36.8 Å². The summed E-state index contributed by atoms with van der Waals surface area (Å²) in [5.74, 6) is 11.5. The van der Waals surface area contributed by atoms with Gasteiger partial charge in [-0.25, -0.2) is 5.84 Å². The van der Waals surface area contributed by atoms with Crippen molar-refractivity contribution in [3.63, 3.8) is 0 Å². The zero-order valence-corrected chi connectivity index (χ0v) is 18.3. The van der Waals surface area contributed by atoms with Crippen molar-refractivity contribution in [3.8, 4) is 17.2 Å². The van der Waals surface area contributed by atoms with E-state index < -0.39 is 5.56 Å². The number of aldehydes is 1. The fourth-order valence-corrected chi connectivity index (χ4v) is 3.74. The van der Waals surface area contributed by atoms with Gasteiger partial charge >= 0.3 is 0 Å². The molecule has 0 saturated heterocycles. The van der Waals surface area contributed by atoms with Crippen LogP contribution in [0, 0.1) is 11.3 Å². The molecular weight excluding hydrogens is 416 g/mol. The summed E-state index contributed by atoms with van der Waals surface area (Å²) >= 11 is 1.15. The molecule has 9 nitrogen and oxygen atoms in total. The molecule has 0 spiro atoms. The Balaban J connectivity index is 0.000000785. The van der Waals surface area contributed by atoms with Crippen molar-refractivity contribution < 1.29 is 9.53 Å². The maximum atomic E-state index is 12.4. The second-order valence-corrected chi connectivity index (χ2v) is 7.65. The van der Waals surface area contributed by atoms with Crippen LogP contribution in [0.15, 0.2) is 39.2 Å². The van der Waals surface area contributed by atoms with Crippen LogP contribution in [0.3, 0.4) is 0 Å². The molecule has 1 aromatic heterocycles. The number of hydrazone groups is 1. The van der Waals surface area contributed by atoms with Gasteiger partial charge in [0.05, 0.1) is 21.9 Å².